The lowest BCUT2D eigenvalue weighted by molar-refractivity contribution is 0.0877. The molecule has 2 heteroatoms. The van der Waals surface area contributed by atoms with Crippen molar-refractivity contribution < 1.29 is 9.18 Å². The number of hydrogen-bond acceptors (Lipinski definition) is 1. The maximum Gasteiger partial charge on any atom is 0.197 e. The molecule has 0 aromatic heterocycles. The predicted octanol–water partition coefficient (Wildman–Crippen LogP) is 5.69. The predicted molar refractivity (Wildman–Crippen MR) is 98.3 cm³/mol. The molecule has 0 amide bonds. The fourth-order valence-electron chi connectivity index (χ4n) is 2.62. The molecule has 0 saturated heterocycles. The zero-order valence-corrected chi connectivity index (χ0v) is 14.7. The minimum Gasteiger partial charge on any atom is -0.291 e. The van der Waals surface area contributed by atoms with Gasteiger partial charge in [-0.05, 0) is 23.0 Å². The zero-order valence-electron chi connectivity index (χ0n) is 14.7. The molecule has 2 aromatic rings. The monoisotopic (exact) mass is 324 g/mol. The van der Waals surface area contributed by atoms with Crippen molar-refractivity contribution in [3.63, 3.8) is 0 Å². The standard InChI is InChI=1S/C22H25FO/c1-16(14-17-8-6-5-7-9-17)15-20(23)21(24)18-10-12-19(13-11-18)22(2,3)4/h5-13,20H,1,14-15H2,2-4H3. The van der Waals surface area contributed by atoms with E-state index < -0.39 is 12.0 Å². The molecule has 24 heavy (non-hydrogen) atoms. The second-order valence-electron chi connectivity index (χ2n) is 7.28. The summed E-state index contributed by atoms with van der Waals surface area (Å²) in [6.45, 7) is 10.2. The van der Waals surface area contributed by atoms with Crippen molar-refractivity contribution in [1.29, 1.82) is 0 Å². The Kier molecular flexibility index (Phi) is 5.71. The largest absolute Gasteiger partial charge is 0.291 e. The van der Waals surface area contributed by atoms with Crippen LogP contribution in [0.15, 0.2) is 66.7 Å². The molecule has 126 valence electrons. The van der Waals surface area contributed by atoms with Crippen molar-refractivity contribution in [2.45, 2.75) is 45.2 Å². The highest BCUT2D eigenvalue weighted by Crippen LogP contribution is 2.23. The van der Waals surface area contributed by atoms with Gasteiger partial charge in [0.25, 0.3) is 0 Å². The number of carbonyl (C=O) groups excluding carboxylic acids is 1. The molecule has 0 N–H and O–H groups in total. The van der Waals surface area contributed by atoms with Crippen LogP contribution in [0.2, 0.25) is 0 Å². The highest BCUT2D eigenvalue weighted by molar-refractivity contribution is 5.99. The van der Waals surface area contributed by atoms with Crippen LogP contribution >= 0.6 is 0 Å². The molecule has 1 nitrogen and oxygen atoms in total. The summed E-state index contributed by atoms with van der Waals surface area (Å²) in [7, 11) is 0. The van der Waals surface area contributed by atoms with E-state index in [4.69, 9.17) is 0 Å². The first-order valence-corrected chi connectivity index (χ1v) is 8.27. The van der Waals surface area contributed by atoms with Gasteiger partial charge < -0.3 is 0 Å². The van der Waals surface area contributed by atoms with Crippen LogP contribution in [0.1, 0.15) is 48.7 Å². The first kappa shape index (κ1) is 18.1. The van der Waals surface area contributed by atoms with Crippen LogP contribution in [-0.4, -0.2) is 12.0 Å². The Morgan fingerprint density at radius 2 is 1.62 bits per heavy atom. The van der Waals surface area contributed by atoms with Crippen LogP contribution in [0.25, 0.3) is 0 Å². The molecule has 1 unspecified atom stereocenters. The molecule has 0 aliphatic rings. The molecule has 0 saturated carbocycles. The average Bonchev–Trinajstić information content (AvgIpc) is 2.54. The van der Waals surface area contributed by atoms with E-state index in [1.807, 2.05) is 42.5 Å². The van der Waals surface area contributed by atoms with E-state index in [2.05, 4.69) is 27.4 Å². The molecule has 0 fully saturated rings. The summed E-state index contributed by atoms with van der Waals surface area (Å²) in [5, 5.41) is 0. The van der Waals surface area contributed by atoms with Gasteiger partial charge in [-0.3, -0.25) is 4.79 Å². The van der Waals surface area contributed by atoms with Gasteiger partial charge in [0.2, 0.25) is 0 Å². The van der Waals surface area contributed by atoms with Gasteiger partial charge in [0.05, 0.1) is 0 Å². The highest BCUT2D eigenvalue weighted by atomic mass is 19.1. The number of halogens is 1. The van der Waals surface area contributed by atoms with Crippen molar-refractivity contribution in [2.24, 2.45) is 0 Å². The van der Waals surface area contributed by atoms with Crippen LogP contribution in [0, 0.1) is 0 Å². The van der Waals surface area contributed by atoms with Gasteiger partial charge in [-0.1, -0.05) is 87.5 Å². The third-order valence-electron chi connectivity index (χ3n) is 4.08. The fraction of sp³-hybridized carbons (Fsp3) is 0.318. The summed E-state index contributed by atoms with van der Waals surface area (Å²) in [4.78, 5) is 12.3. The maximum atomic E-state index is 14.4. The van der Waals surface area contributed by atoms with E-state index in [0.29, 0.717) is 12.0 Å². The van der Waals surface area contributed by atoms with Gasteiger partial charge >= 0.3 is 0 Å². The van der Waals surface area contributed by atoms with Gasteiger partial charge in [-0.2, -0.15) is 0 Å². The van der Waals surface area contributed by atoms with E-state index in [-0.39, 0.29) is 11.8 Å². The van der Waals surface area contributed by atoms with Crippen molar-refractivity contribution in [3.8, 4) is 0 Å². The van der Waals surface area contributed by atoms with Gasteiger partial charge in [0.1, 0.15) is 0 Å². The zero-order chi connectivity index (χ0) is 17.7. The van der Waals surface area contributed by atoms with Crippen LogP contribution in [-0.2, 0) is 11.8 Å². The average molecular weight is 324 g/mol. The van der Waals surface area contributed by atoms with E-state index in [1.165, 1.54) is 0 Å². The number of benzene rings is 2. The fourth-order valence-corrected chi connectivity index (χ4v) is 2.62. The molecule has 0 aliphatic heterocycles. The number of ketones is 1. The van der Waals surface area contributed by atoms with Crippen LogP contribution in [0.4, 0.5) is 4.39 Å². The molecule has 0 radical (unpaired) electrons. The number of carbonyl (C=O) groups is 1. The maximum absolute atomic E-state index is 14.4. The molecule has 0 spiro atoms. The third-order valence-corrected chi connectivity index (χ3v) is 4.08. The van der Waals surface area contributed by atoms with E-state index >= 15 is 0 Å². The lowest BCUT2D eigenvalue weighted by Gasteiger charge is -2.19. The number of hydrogen-bond donors (Lipinski definition) is 0. The summed E-state index contributed by atoms with van der Waals surface area (Å²) >= 11 is 0. The molecule has 1 atom stereocenters. The van der Waals surface area contributed by atoms with Gasteiger partial charge in [-0.15, -0.1) is 0 Å². The smallest absolute Gasteiger partial charge is 0.197 e. The summed E-state index contributed by atoms with van der Waals surface area (Å²) in [6.07, 6.45) is -0.881. The lowest BCUT2D eigenvalue weighted by Crippen LogP contribution is -2.18. The first-order chi connectivity index (χ1) is 11.3. The number of allylic oxidation sites excluding steroid dienone is 1. The molecule has 2 rings (SSSR count). The quantitative estimate of drug-likeness (QED) is 0.492. The van der Waals surface area contributed by atoms with E-state index in [9.17, 15) is 9.18 Å². The Hall–Kier alpha value is -2.22. The van der Waals surface area contributed by atoms with Crippen LogP contribution < -0.4 is 0 Å². The van der Waals surface area contributed by atoms with Gasteiger partial charge in [0.15, 0.2) is 12.0 Å². The number of rotatable bonds is 6. The Labute approximate surface area is 144 Å². The SMILES string of the molecule is C=C(Cc1ccccc1)CC(F)C(=O)c1ccc(C(C)(C)C)cc1. The lowest BCUT2D eigenvalue weighted by atomic mass is 9.86. The molecule has 2 aromatic carbocycles. The van der Waals surface area contributed by atoms with E-state index in [0.717, 1.165) is 16.7 Å². The Morgan fingerprint density at radius 1 is 1.04 bits per heavy atom. The Morgan fingerprint density at radius 3 is 2.17 bits per heavy atom. The Bertz CT molecular complexity index is 693. The number of Topliss-reactive ketones (excluding diaryl/α,β-unsaturated/α-hetero) is 1. The normalized spacial score (nSPS) is 12.7. The first-order valence-electron chi connectivity index (χ1n) is 8.27. The Balaban J connectivity index is 1.97. The summed E-state index contributed by atoms with van der Waals surface area (Å²) < 4.78 is 14.4. The number of alkyl halides is 1. The third kappa shape index (κ3) is 4.89. The molecular weight excluding hydrogens is 299 g/mol. The van der Waals surface area contributed by atoms with Crippen molar-refractivity contribution >= 4 is 5.78 Å². The minimum atomic E-state index is -1.54. The highest BCUT2D eigenvalue weighted by Gasteiger charge is 2.21. The topological polar surface area (TPSA) is 17.1 Å². The van der Waals surface area contributed by atoms with Gasteiger partial charge in [0, 0.05) is 12.0 Å². The minimum absolute atomic E-state index is 0.0145. The second-order valence-corrected chi connectivity index (χ2v) is 7.28. The summed E-state index contributed by atoms with van der Waals surface area (Å²) in [6, 6.07) is 17.0. The van der Waals surface area contributed by atoms with Crippen molar-refractivity contribution in [2.75, 3.05) is 0 Å². The summed E-state index contributed by atoms with van der Waals surface area (Å²) in [5.74, 6) is -0.468. The molecule has 0 aliphatic carbocycles. The molecular formula is C22H25FO. The van der Waals surface area contributed by atoms with E-state index in [1.54, 1.807) is 12.1 Å². The van der Waals surface area contributed by atoms with Gasteiger partial charge in [-0.25, -0.2) is 4.39 Å². The van der Waals surface area contributed by atoms with Crippen molar-refractivity contribution in [1.82, 2.24) is 0 Å². The second kappa shape index (κ2) is 7.57. The van der Waals surface area contributed by atoms with Crippen molar-refractivity contribution in [3.05, 3.63) is 83.4 Å². The van der Waals surface area contributed by atoms with Crippen LogP contribution in [0.5, 0.6) is 0 Å². The summed E-state index contributed by atoms with van der Waals surface area (Å²) in [5.41, 5.74) is 3.37. The molecule has 0 heterocycles. The van der Waals surface area contributed by atoms with Crippen LogP contribution in [0.3, 0.4) is 0 Å². The molecule has 0 bridgehead atoms.